The molecule has 4 N–H and O–H groups in total. The van der Waals surface area contributed by atoms with Gasteiger partial charge in [0, 0.05) is 24.9 Å². The summed E-state index contributed by atoms with van der Waals surface area (Å²) in [6.07, 6.45) is 0.744. The zero-order valence-corrected chi connectivity index (χ0v) is 10.1. The van der Waals surface area contributed by atoms with Crippen molar-refractivity contribution in [3.8, 4) is 0 Å². The van der Waals surface area contributed by atoms with E-state index in [1.807, 2.05) is 6.92 Å². The first-order valence-corrected chi connectivity index (χ1v) is 5.46. The van der Waals surface area contributed by atoms with Gasteiger partial charge in [0.05, 0.1) is 6.61 Å². The summed E-state index contributed by atoms with van der Waals surface area (Å²) >= 11 is 0. The van der Waals surface area contributed by atoms with Crippen LogP contribution in [0.2, 0.25) is 0 Å². The average Bonchev–Trinajstić information content (AvgIpc) is 2.38. The third kappa shape index (κ3) is 4.01. The lowest BCUT2D eigenvalue weighted by Gasteiger charge is -2.08. The molecule has 0 fully saturated rings. The maximum absolute atomic E-state index is 11.8. The Hall–Kier alpha value is -1.66. The molecule has 1 heterocycles. The Labute approximate surface area is 101 Å². The number of ether oxygens (including phenoxy) is 1. The Kier molecular flexibility index (Phi) is 5.38. The molecule has 0 aliphatic carbocycles. The average molecular weight is 238 g/mol. The van der Waals surface area contributed by atoms with Gasteiger partial charge in [0.1, 0.15) is 5.82 Å². The molecule has 94 valence electrons. The Balaban J connectivity index is 2.77. The highest BCUT2D eigenvalue weighted by Gasteiger charge is 2.08. The highest BCUT2D eigenvalue weighted by atomic mass is 16.5. The van der Waals surface area contributed by atoms with Gasteiger partial charge in [-0.2, -0.15) is 0 Å². The van der Waals surface area contributed by atoms with Crippen molar-refractivity contribution < 1.29 is 9.53 Å². The monoisotopic (exact) mass is 238 g/mol. The number of carbonyl (C=O) groups excluding carboxylic acids is 1. The molecule has 1 aromatic rings. The van der Waals surface area contributed by atoms with Gasteiger partial charge in [0.15, 0.2) is 0 Å². The lowest BCUT2D eigenvalue weighted by atomic mass is 10.2. The van der Waals surface area contributed by atoms with Crippen LogP contribution in [-0.2, 0) is 11.2 Å². The molecule has 0 bridgehead atoms. The molecule has 1 rings (SSSR count). The topological polar surface area (TPSA) is 89.3 Å². The second-order valence-electron chi connectivity index (χ2n) is 3.48. The molecule has 6 nitrogen and oxygen atoms in total. The van der Waals surface area contributed by atoms with Gasteiger partial charge in [-0.05, 0) is 18.6 Å². The number of aryl methyl sites for hydroxylation is 1. The smallest absolute Gasteiger partial charge is 0.251 e. The number of methoxy groups -OCH3 is 1. The van der Waals surface area contributed by atoms with E-state index in [0.29, 0.717) is 24.5 Å². The number of nitrogens with zero attached hydrogens (tertiary/aromatic N) is 1. The molecule has 0 aliphatic heterocycles. The zero-order chi connectivity index (χ0) is 12.7. The summed E-state index contributed by atoms with van der Waals surface area (Å²) < 4.78 is 4.86. The predicted octanol–water partition coefficient (Wildman–Crippen LogP) is 0.306. The molecule has 0 aromatic carbocycles. The van der Waals surface area contributed by atoms with Crippen LogP contribution < -0.4 is 16.6 Å². The van der Waals surface area contributed by atoms with Crippen molar-refractivity contribution in [2.24, 2.45) is 5.84 Å². The first-order valence-electron chi connectivity index (χ1n) is 5.46. The van der Waals surface area contributed by atoms with Crippen LogP contribution in [0.25, 0.3) is 0 Å². The lowest BCUT2D eigenvalue weighted by Crippen LogP contribution is -2.27. The van der Waals surface area contributed by atoms with E-state index in [9.17, 15) is 4.79 Å². The number of amides is 1. The molecule has 0 saturated heterocycles. The third-order valence-corrected chi connectivity index (χ3v) is 2.24. The van der Waals surface area contributed by atoms with Gasteiger partial charge in [0.25, 0.3) is 5.91 Å². The number of hydrogen-bond acceptors (Lipinski definition) is 5. The molecule has 0 radical (unpaired) electrons. The molecule has 0 unspecified atom stereocenters. The van der Waals surface area contributed by atoms with Crippen molar-refractivity contribution in [3.63, 3.8) is 0 Å². The van der Waals surface area contributed by atoms with Gasteiger partial charge in [-0.15, -0.1) is 0 Å². The van der Waals surface area contributed by atoms with Crippen molar-refractivity contribution in [1.29, 1.82) is 0 Å². The minimum atomic E-state index is -0.157. The first kappa shape index (κ1) is 13.4. The van der Waals surface area contributed by atoms with Crippen molar-refractivity contribution in [2.45, 2.75) is 13.3 Å². The van der Waals surface area contributed by atoms with Gasteiger partial charge in [0.2, 0.25) is 0 Å². The number of hydrogen-bond donors (Lipinski definition) is 3. The normalized spacial score (nSPS) is 10.1. The molecule has 0 aliphatic rings. The van der Waals surface area contributed by atoms with Crippen LogP contribution in [0.4, 0.5) is 5.82 Å². The van der Waals surface area contributed by atoms with Crippen molar-refractivity contribution in [2.75, 3.05) is 25.7 Å². The molecule has 6 heteroatoms. The summed E-state index contributed by atoms with van der Waals surface area (Å²) in [5.74, 6) is 5.63. The summed E-state index contributed by atoms with van der Waals surface area (Å²) in [6.45, 7) is 2.93. The summed E-state index contributed by atoms with van der Waals surface area (Å²) in [7, 11) is 1.59. The van der Waals surface area contributed by atoms with E-state index in [-0.39, 0.29) is 5.91 Å². The van der Waals surface area contributed by atoms with Crippen molar-refractivity contribution in [3.05, 3.63) is 23.4 Å². The van der Waals surface area contributed by atoms with Gasteiger partial charge >= 0.3 is 0 Å². The number of hydrazine groups is 1. The number of pyridine rings is 1. The zero-order valence-electron chi connectivity index (χ0n) is 10.1. The van der Waals surface area contributed by atoms with Crippen LogP contribution in [0.3, 0.4) is 0 Å². The van der Waals surface area contributed by atoms with Gasteiger partial charge in [-0.3, -0.25) is 4.79 Å². The molecular formula is C11H18N4O2. The fourth-order valence-electron chi connectivity index (χ4n) is 1.34. The number of nitrogen functional groups attached to an aromatic ring is 1. The van der Waals surface area contributed by atoms with Crippen LogP contribution in [0, 0.1) is 0 Å². The van der Waals surface area contributed by atoms with Gasteiger partial charge in [-0.1, -0.05) is 6.92 Å². The second kappa shape index (κ2) is 6.82. The summed E-state index contributed by atoms with van der Waals surface area (Å²) in [4.78, 5) is 16.0. The van der Waals surface area contributed by atoms with Gasteiger partial charge < -0.3 is 15.5 Å². The SMILES string of the molecule is CCc1cc(C(=O)NCCOC)cc(NN)n1. The molecular weight excluding hydrogens is 220 g/mol. The van der Waals surface area contributed by atoms with Gasteiger partial charge in [-0.25, -0.2) is 10.8 Å². The molecule has 0 atom stereocenters. The second-order valence-corrected chi connectivity index (χ2v) is 3.48. The Morgan fingerprint density at radius 2 is 2.29 bits per heavy atom. The van der Waals surface area contributed by atoms with Crippen LogP contribution in [0.1, 0.15) is 23.0 Å². The molecule has 17 heavy (non-hydrogen) atoms. The molecule has 0 saturated carbocycles. The Bertz CT molecular complexity index is 359. The molecule has 0 spiro atoms. The summed E-state index contributed by atoms with van der Waals surface area (Å²) in [5.41, 5.74) is 3.81. The Morgan fingerprint density at radius 1 is 1.53 bits per heavy atom. The van der Waals surface area contributed by atoms with E-state index in [2.05, 4.69) is 15.7 Å². The van der Waals surface area contributed by atoms with E-state index in [1.54, 1.807) is 19.2 Å². The lowest BCUT2D eigenvalue weighted by molar-refractivity contribution is 0.0937. The quantitative estimate of drug-likeness (QED) is 0.377. The number of aromatic nitrogens is 1. The van der Waals surface area contributed by atoms with Crippen LogP contribution in [0.15, 0.2) is 12.1 Å². The highest BCUT2D eigenvalue weighted by Crippen LogP contribution is 2.10. The minimum absolute atomic E-state index is 0.157. The fourth-order valence-corrected chi connectivity index (χ4v) is 1.34. The maximum atomic E-state index is 11.8. The number of nitrogens with two attached hydrogens (primary N) is 1. The van der Waals surface area contributed by atoms with E-state index < -0.39 is 0 Å². The van der Waals surface area contributed by atoms with E-state index in [0.717, 1.165) is 12.1 Å². The predicted molar refractivity (Wildman–Crippen MR) is 65.6 cm³/mol. The van der Waals surface area contributed by atoms with E-state index in [4.69, 9.17) is 10.6 Å². The standard InChI is InChI=1S/C11H18N4O2/c1-3-9-6-8(7-10(14-9)15-12)11(16)13-4-5-17-2/h6-7H,3-5,12H2,1-2H3,(H,13,16)(H,14,15). The number of carbonyl (C=O) groups is 1. The Morgan fingerprint density at radius 3 is 2.88 bits per heavy atom. The molecule has 1 aromatic heterocycles. The highest BCUT2D eigenvalue weighted by molar-refractivity contribution is 5.94. The van der Waals surface area contributed by atoms with Crippen LogP contribution in [0.5, 0.6) is 0 Å². The summed E-state index contributed by atoms with van der Waals surface area (Å²) in [6, 6.07) is 3.37. The largest absolute Gasteiger partial charge is 0.383 e. The fraction of sp³-hybridized carbons (Fsp3) is 0.455. The minimum Gasteiger partial charge on any atom is -0.383 e. The maximum Gasteiger partial charge on any atom is 0.251 e. The molecule has 1 amide bonds. The first-order chi connectivity index (χ1) is 8.21. The number of nitrogens with one attached hydrogen (secondary N) is 2. The van der Waals surface area contributed by atoms with Crippen molar-refractivity contribution >= 4 is 11.7 Å². The third-order valence-electron chi connectivity index (χ3n) is 2.24. The van der Waals surface area contributed by atoms with Crippen LogP contribution >= 0.6 is 0 Å². The van der Waals surface area contributed by atoms with Crippen molar-refractivity contribution in [1.82, 2.24) is 10.3 Å². The number of anilines is 1. The van der Waals surface area contributed by atoms with Crippen LogP contribution in [-0.4, -0.2) is 31.2 Å². The van der Waals surface area contributed by atoms with E-state index in [1.165, 1.54) is 0 Å². The van der Waals surface area contributed by atoms with E-state index >= 15 is 0 Å². The number of rotatable bonds is 6. The summed E-state index contributed by atoms with van der Waals surface area (Å²) in [5, 5.41) is 2.74.